The highest BCUT2D eigenvalue weighted by atomic mass is 35.5. The number of fused-ring (bicyclic) bond motifs is 1. The summed E-state index contributed by atoms with van der Waals surface area (Å²) in [6.07, 6.45) is 1.43. The van der Waals surface area contributed by atoms with Crippen LogP contribution in [0.4, 0.5) is 9.18 Å². The fourth-order valence-corrected chi connectivity index (χ4v) is 2.87. The molecule has 2 aromatic rings. The molecular formula is C16H20ClFN4O3. The standard InChI is InChI=1S/C16H20ClFN4O3/c1-9-8-24-11(7-21(9)15(23)25-16(2,3)4)14-20-5-10-13(17)19-6-12(18)22(10)14/h5-6,9,11H,7-8H2,1-4H3/t9-,11-/m0/s1. The van der Waals surface area contributed by atoms with Crippen molar-refractivity contribution in [1.82, 2.24) is 19.3 Å². The second-order valence-electron chi connectivity index (χ2n) is 7.01. The van der Waals surface area contributed by atoms with Crippen molar-refractivity contribution in [3.05, 3.63) is 29.3 Å². The molecule has 0 unspecified atom stereocenters. The van der Waals surface area contributed by atoms with Gasteiger partial charge in [0, 0.05) is 0 Å². The molecule has 0 spiro atoms. The van der Waals surface area contributed by atoms with Gasteiger partial charge in [-0.3, -0.25) is 4.40 Å². The predicted octanol–water partition coefficient (Wildman–Crippen LogP) is 3.22. The monoisotopic (exact) mass is 370 g/mol. The van der Waals surface area contributed by atoms with Gasteiger partial charge in [0.25, 0.3) is 0 Å². The molecular weight excluding hydrogens is 351 g/mol. The Morgan fingerprint density at radius 2 is 2.12 bits per heavy atom. The number of nitrogens with zero attached hydrogens (tertiary/aromatic N) is 4. The van der Waals surface area contributed by atoms with Gasteiger partial charge in [-0.2, -0.15) is 4.39 Å². The van der Waals surface area contributed by atoms with E-state index in [0.29, 0.717) is 17.9 Å². The van der Waals surface area contributed by atoms with Gasteiger partial charge in [-0.15, -0.1) is 0 Å². The van der Waals surface area contributed by atoms with Gasteiger partial charge in [-0.05, 0) is 27.7 Å². The number of carbonyl (C=O) groups excluding carboxylic acids is 1. The molecule has 3 rings (SSSR count). The van der Waals surface area contributed by atoms with E-state index in [4.69, 9.17) is 21.1 Å². The van der Waals surface area contributed by atoms with Gasteiger partial charge >= 0.3 is 6.09 Å². The number of hydrogen-bond acceptors (Lipinski definition) is 5. The van der Waals surface area contributed by atoms with Crippen LogP contribution in [0.25, 0.3) is 5.52 Å². The molecule has 0 radical (unpaired) electrons. The molecule has 1 aliphatic heterocycles. The average Bonchev–Trinajstić information content (AvgIpc) is 2.96. The third-order valence-corrected chi connectivity index (χ3v) is 4.14. The molecule has 7 nitrogen and oxygen atoms in total. The fraction of sp³-hybridized carbons (Fsp3) is 0.562. The van der Waals surface area contributed by atoms with Crippen molar-refractivity contribution in [2.45, 2.75) is 45.4 Å². The molecule has 9 heteroatoms. The van der Waals surface area contributed by atoms with Crippen LogP contribution in [0.1, 0.15) is 39.6 Å². The Hall–Kier alpha value is -1.93. The van der Waals surface area contributed by atoms with E-state index < -0.39 is 23.7 Å². The Bertz CT molecular complexity index is 805. The number of aromatic nitrogens is 3. The van der Waals surface area contributed by atoms with Crippen LogP contribution in [0.15, 0.2) is 12.4 Å². The van der Waals surface area contributed by atoms with Crippen molar-refractivity contribution in [3.63, 3.8) is 0 Å². The first kappa shape index (κ1) is 17.9. The summed E-state index contributed by atoms with van der Waals surface area (Å²) >= 11 is 5.99. The van der Waals surface area contributed by atoms with Crippen LogP contribution >= 0.6 is 11.6 Å². The molecule has 25 heavy (non-hydrogen) atoms. The Kier molecular flexibility index (Phi) is 4.59. The van der Waals surface area contributed by atoms with Crippen LogP contribution in [0.3, 0.4) is 0 Å². The molecule has 1 fully saturated rings. The quantitative estimate of drug-likeness (QED) is 0.771. The van der Waals surface area contributed by atoms with E-state index in [1.807, 2.05) is 6.92 Å². The van der Waals surface area contributed by atoms with Gasteiger partial charge in [0.1, 0.15) is 23.0 Å². The lowest BCUT2D eigenvalue weighted by molar-refractivity contribution is -0.0700. The van der Waals surface area contributed by atoms with Gasteiger partial charge in [0.2, 0.25) is 5.95 Å². The molecule has 0 bridgehead atoms. The Balaban J connectivity index is 1.89. The van der Waals surface area contributed by atoms with Gasteiger partial charge in [-0.25, -0.2) is 14.8 Å². The highest BCUT2D eigenvalue weighted by Gasteiger charge is 2.35. The van der Waals surface area contributed by atoms with E-state index in [9.17, 15) is 9.18 Å². The zero-order valence-electron chi connectivity index (χ0n) is 14.5. The van der Waals surface area contributed by atoms with E-state index in [1.165, 1.54) is 10.6 Å². The third-order valence-electron chi connectivity index (χ3n) is 3.85. The summed E-state index contributed by atoms with van der Waals surface area (Å²) in [5.74, 6) is -0.268. The number of imidazole rings is 1. The number of amides is 1. The minimum atomic E-state index is -0.601. The van der Waals surface area contributed by atoms with E-state index in [2.05, 4.69) is 9.97 Å². The summed E-state index contributed by atoms with van der Waals surface area (Å²) in [6.45, 7) is 7.78. The second-order valence-corrected chi connectivity index (χ2v) is 7.37. The number of ether oxygens (including phenoxy) is 2. The van der Waals surface area contributed by atoms with Crippen molar-refractivity contribution in [1.29, 1.82) is 0 Å². The zero-order chi connectivity index (χ0) is 18.4. The largest absolute Gasteiger partial charge is 0.444 e. The smallest absolute Gasteiger partial charge is 0.410 e. The lowest BCUT2D eigenvalue weighted by atomic mass is 10.2. The molecule has 1 saturated heterocycles. The van der Waals surface area contributed by atoms with Crippen LogP contribution < -0.4 is 0 Å². The van der Waals surface area contributed by atoms with E-state index in [1.54, 1.807) is 25.7 Å². The molecule has 2 atom stereocenters. The van der Waals surface area contributed by atoms with Gasteiger partial charge in [0.05, 0.1) is 31.6 Å². The summed E-state index contributed by atoms with van der Waals surface area (Å²) in [5.41, 5.74) is -0.252. The van der Waals surface area contributed by atoms with Gasteiger partial charge in [-0.1, -0.05) is 11.6 Å². The van der Waals surface area contributed by atoms with Gasteiger partial charge in [0.15, 0.2) is 5.15 Å². The first-order chi connectivity index (χ1) is 11.7. The Morgan fingerprint density at radius 3 is 2.80 bits per heavy atom. The Morgan fingerprint density at radius 1 is 1.40 bits per heavy atom. The molecule has 0 N–H and O–H groups in total. The summed E-state index contributed by atoms with van der Waals surface area (Å²) in [4.78, 5) is 22.0. The lowest BCUT2D eigenvalue weighted by Gasteiger charge is -2.38. The van der Waals surface area contributed by atoms with Crippen molar-refractivity contribution < 1.29 is 18.7 Å². The SMILES string of the molecule is C[C@H]1CO[C@H](c2ncc3c(Cl)ncc(F)n23)CN1C(=O)OC(C)(C)C. The highest BCUT2D eigenvalue weighted by Crippen LogP contribution is 2.28. The molecule has 0 aromatic carbocycles. The molecule has 1 amide bonds. The number of halogens is 2. The highest BCUT2D eigenvalue weighted by molar-refractivity contribution is 6.32. The number of morpholine rings is 1. The zero-order valence-corrected chi connectivity index (χ0v) is 15.2. The normalized spacial score (nSPS) is 21.6. The summed E-state index contributed by atoms with van der Waals surface area (Å²) in [5, 5.41) is 0.147. The summed E-state index contributed by atoms with van der Waals surface area (Å²) < 4.78 is 26.7. The van der Waals surface area contributed by atoms with E-state index >= 15 is 0 Å². The Labute approximate surface area is 149 Å². The van der Waals surface area contributed by atoms with Crippen LogP contribution in [0.5, 0.6) is 0 Å². The minimum Gasteiger partial charge on any atom is -0.444 e. The predicted molar refractivity (Wildman–Crippen MR) is 89.1 cm³/mol. The molecule has 2 aromatic heterocycles. The number of rotatable bonds is 1. The van der Waals surface area contributed by atoms with E-state index in [0.717, 1.165) is 6.20 Å². The topological polar surface area (TPSA) is 69.0 Å². The third kappa shape index (κ3) is 3.55. The molecule has 0 aliphatic carbocycles. The maximum Gasteiger partial charge on any atom is 0.410 e. The molecule has 1 aliphatic rings. The van der Waals surface area contributed by atoms with Crippen LogP contribution in [0.2, 0.25) is 5.15 Å². The maximum absolute atomic E-state index is 14.2. The fourth-order valence-electron chi connectivity index (χ4n) is 2.69. The van der Waals surface area contributed by atoms with Crippen molar-refractivity contribution in [2.75, 3.05) is 13.2 Å². The molecule has 136 valence electrons. The van der Waals surface area contributed by atoms with Crippen LogP contribution in [-0.2, 0) is 9.47 Å². The minimum absolute atomic E-state index is 0.147. The van der Waals surface area contributed by atoms with E-state index in [-0.39, 0.29) is 17.7 Å². The van der Waals surface area contributed by atoms with Crippen molar-refractivity contribution in [2.24, 2.45) is 0 Å². The molecule has 0 saturated carbocycles. The van der Waals surface area contributed by atoms with Crippen molar-refractivity contribution in [3.8, 4) is 0 Å². The second kappa shape index (κ2) is 6.42. The summed E-state index contributed by atoms with van der Waals surface area (Å²) in [7, 11) is 0. The average molecular weight is 371 g/mol. The molecule has 3 heterocycles. The van der Waals surface area contributed by atoms with Crippen LogP contribution in [-0.4, -0.2) is 50.2 Å². The summed E-state index contributed by atoms with van der Waals surface area (Å²) in [6, 6.07) is -0.160. The maximum atomic E-state index is 14.2. The number of carbonyl (C=O) groups is 1. The first-order valence-corrected chi connectivity index (χ1v) is 8.34. The number of hydrogen-bond donors (Lipinski definition) is 0. The first-order valence-electron chi connectivity index (χ1n) is 7.96. The lowest BCUT2D eigenvalue weighted by Crippen LogP contribution is -2.50. The van der Waals surface area contributed by atoms with Crippen LogP contribution in [0, 0.1) is 5.95 Å². The van der Waals surface area contributed by atoms with Crippen molar-refractivity contribution >= 4 is 23.2 Å². The van der Waals surface area contributed by atoms with Gasteiger partial charge < -0.3 is 14.4 Å².